The summed E-state index contributed by atoms with van der Waals surface area (Å²) in [6.45, 7) is 6.70. The Hall–Kier alpha value is -3.60. The lowest BCUT2D eigenvalue weighted by atomic mass is 10.1. The van der Waals surface area contributed by atoms with Crippen LogP contribution in [0.15, 0.2) is 91.3 Å². The lowest BCUT2D eigenvalue weighted by molar-refractivity contribution is 0.143. The van der Waals surface area contributed by atoms with Gasteiger partial charge in [-0.3, -0.25) is 15.3 Å². The average Bonchev–Trinajstić information content (AvgIpc) is 3.90. The van der Waals surface area contributed by atoms with Crippen LogP contribution in [0.4, 0.5) is 0 Å². The van der Waals surface area contributed by atoms with Crippen molar-refractivity contribution < 1.29 is 14.6 Å². The van der Waals surface area contributed by atoms with Crippen molar-refractivity contribution in [2.45, 2.75) is 45.3 Å². The molecule has 2 aliphatic rings. The molecule has 1 unspecified atom stereocenters. The van der Waals surface area contributed by atoms with Crippen molar-refractivity contribution in [3.05, 3.63) is 107 Å². The number of nitrogens with zero attached hydrogens (tertiary/aromatic N) is 3. The Morgan fingerprint density at radius 2 is 1.48 bits per heavy atom. The molecule has 1 atom stereocenters. The maximum Gasteiger partial charge on any atom is 0.161 e. The number of hydrogen-bond acceptors (Lipinski definition) is 9. The van der Waals surface area contributed by atoms with Crippen molar-refractivity contribution in [1.29, 1.82) is 0 Å². The quantitative estimate of drug-likeness (QED) is 0.156. The van der Waals surface area contributed by atoms with Gasteiger partial charge in [-0.1, -0.05) is 31.5 Å². The summed E-state index contributed by atoms with van der Waals surface area (Å²) < 4.78 is 11.1. The minimum atomic E-state index is -0.685. The van der Waals surface area contributed by atoms with Gasteiger partial charge in [-0.05, 0) is 112 Å². The number of likely N-dealkylation sites (tertiary alicyclic amines) is 1. The maximum atomic E-state index is 10.4. The van der Waals surface area contributed by atoms with Crippen LogP contribution in [0, 0.1) is 0 Å². The van der Waals surface area contributed by atoms with E-state index in [1.807, 2.05) is 78.2 Å². The van der Waals surface area contributed by atoms with Crippen LogP contribution in [0.1, 0.15) is 47.7 Å². The second kappa shape index (κ2) is 17.9. The molecule has 0 radical (unpaired) electrons. The fraction of sp³-hybridized carbons (Fsp3) is 0.351. The van der Waals surface area contributed by atoms with Gasteiger partial charge >= 0.3 is 0 Å². The highest BCUT2D eigenvalue weighted by Gasteiger charge is 2.14. The third kappa shape index (κ3) is 10.2. The van der Waals surface area contributed by atoms with E-state index >= 15 is 0 Å². The number of pyridine rings is 2. The summed E-state index contributed by atoms with van der Waals surface area (Å²) in [7, 11) is 2.17. The lowest BCUT2D eigenvalue weighted by Gasteiger charge is -2.19. The Morgan fingerprint density at radius 1 is 0.804 bits per heavy atom. The van der Waals surface area contributed by atoms with Gasteiger partial charge in [-0.15, -0.1) is 22.7 Å². The van der Waals surface area contributed by atoms with Crippen LogP contribution in [0.5, 0.6) is 11.5 Å². The molecule has 242 valence electrons. The van der Waals surface area contributed by atoms with E-state index in [0.717, 1.165) is 44.6 Å². The van der Waals surface area contributed by atoms with Crippen LogP contribution in [-0.2, 0) is 12.8 Å². The molecule has 0 amide bonds. The highest BCUT2D eigenvalue weighted by molar-refractivity contribution is 7.15. The van der Waals surface area contributed by atoms with Crippen LogP contribution in [0.25, 0.3) is 21.1 Å². The number of thiophene rings is 2. The third-order valence-corrected chi connectivity index (χ3v) is 9.90. The first-order valence-electron chi connectivity index (χ1n) is 16.1. The number of benzene rings is 1. The van der Waals surface area contributed by atoms with E-state index in [1.165, 1.54) is 48.5 Å². The van der Waals surface area contributed by atoms with Gasteiger partial charge in [-0.2, -0.15) is 0 Å². The minimum absolute atomic E-state index is 0.588. The second-order valence-electron chi connectivity index (χ2n) is 11.2. The van der Waals surface area contributed by atoms with Crippen LogP contribution in [-0.4, -0.2) is 59.9 Å². The van der Waals surface area contributed by atoms with Crippen LogP contribution in [0.2, 0.25) is 0 Å². The average molecular weight is 657 g/mol. The molecule has 1 aromatic carbocycles. The Bertz CT molecular complexity index is 1590. The number of ether oxygens (including phenoxy) is 2. The first kappa shape index (κ1) is 33.8. The smallest absolute Gasteiger partial charge is 0.161 e. The fourth-order valence-corrected chi connectivity index (χ4v) is 7.16. The Balaban J connectivity index is 0.000000172. The third-order valence-electron chi connectivity index (χ3n) is 7.58. The summed E-state index contributed by atoms with van der Waals surface area (Å²) in [5.41, 5.74) is 3.15. The molecule has 7 rings (SSSR count). The highest BCUT2D eigenvalue weighted by atomic mass is 32.1. The Morgan fingerprint density at radius 3 is 2.11 bits per heavy atom. The number of aliphatic hydroxyl groups excluding tert-OH is 1. The van der Waals surface area contributed by atoms with Gasteiger partial charge < -0.3 is 19.5 Å². The zero-order valence-corrected chi connectivity index (χ0v) is 28.4. The molecule has 2 aliphatic heterocycles. The summed E-state index contributed by atoms with van der Waals surface area (Å²) in [5, 5.41) is 13.6. The molecule has 2 N–H and O–H groups in total. The maximum absolute atomic E-state index is 10.4. The van der Waals surface area contributed by atoms with Gasteiger partial charge in [0.1, 0.15) is 19.4 Å². The monoisotopic (exact) mass is 656 g/mol. The zero-order chi connectivity index (χ0) is 32.0. The molecule has 0 aliphatic carbocycles. The van der Waals surface area contributed by atoms with Crippen LogP contribution < -0.4 is 14.8 Å². The van der Waals surface area contributed by atoms with Gasteiger partial charge in [0.05, 0.1) is 21.1 Å². The van der Waals surface area contributed by atoms with Gasteiger partial charge in [0.2, 0.25) is 0 Å². The van der Waals surface area contributed by atoms with Gasteiger partial charge in [0.25, 0.3) is 0 Å². The fourth-order valence-electron chi connectivity index (χ4n) is 5.12. The number of hydrogen-bond donors (Lipinski definition) is 2. The summed E-state index contributed by atoms with van der Waals surface area (Å²) in [6, 6.07) is 26.2. The minimum Gasteiger partial charge on any atom is -0.486 e. The van der Waals surface area contributed by atoms with E-state index in [1.54, 1.807) is 17.5 Å². The molecule has 1 saturated heterocycles. The van der Waals surface area contributed by atoms with E-state index < -0.39 is 6.23 Å². The van der Waals surface area contributed by atoms with E-state index in [4.69, 9.17) is 9.47 Å². The number of aryl methyl sites for hydroxylation is 1. The van der Waals surface area contributed by atoms with Crippen molar-refractivity contribution in [2.24, 2.45) is 0 Å². The van der Waals surface area contributed by atoms with E-state index in [9.17, 15) is 5.11 Å². The predicted octanol–water partition coefficient (Wildman–Crippen LogP) is 7.88. The van der Waals surface area contributed by atoms with Crippen molar-refractivity contribution in [2.75, 3.05) is 39.9 Å². The second-order valence-corrected chi connectivity index (χ2v) is 13.5. The molecular weight excluding hydrogens is 613 g/mol. The van der Waals surface area contributed by atoms with Gasteiger partial charge in [-0.25, -0.2) is 0 Å². The molecule has 0 spiro atoms. The Labute approximate surface area is 280 Å². The van der Waals surface area contributed by atoms with Crippen molar-refractivity contribution in [3.8, 4) is 32.6 Å². The standard InChI is InChI=1S/C20H20N2O3S.C12H13NS.C5H11N/c23-20(19-7-6-18(26-19)15-3-1-2-9-21-15)22-10-8-14-4-5-16-17(13-14)25-12-11-24-16;1-2-5-10-7-8-12(14-10)11-6-3-4-9-13-11;1-6-4-2-3-5-6/h1-7,9,13,20,22-23H,8,10-12H2;3-4,6-9H,2,5H2,1H3;2-5H2,1H3. The van der Waals surface area contributed by atoms with Crippen molar-refractivity contribution >= 4 is 22.7 Å². The van der Waals surface area contributed by atoms with Gasteiger partial charge in [0, 0.05) is 28.7 Å². The molecule has 0 bridgehead atoms. The summed E-state index contributed by atoms with van der Waals surface area (Å²) in [4.78, 5) is 15.7. The summed E-state index contributed by atoms with van der Waals surface area (Å²) in [5.74, 6) is 1.60. The summed E-state index contributed by atoms with van der Waals surface area (Å²) in [6.07, 6.45) is 8.94. The number of nitrogens with one attached hydrogen (secondary N) is 1. The SMILES string of the molecule is CCCc1ccc(-c2ccccn2)s1.CN1CCCC1.OC(NCCc1ccc2c(c1)OCCO2)c1ccc(-c2ccccn2)s1. The zero-order valence-electron chi connectivity index (χ0n) is 26.7. The normalized spacial score (nSPS) is 14.5. The molecule has 1 fully saturated rings. The van der Waals surface area contributed by atoms with E-state index in [0.29, 0.717) is 19.8 Å². The van der Waals surface area contributed by atoms with Gasteiger partial charge in [0.15, 0.2) is 11.5 Å². The lowest BCUT2D eigenvalue weighted by Crippen LogP contribution is -2.22. The van der Waals surface area contributed by atoms with Crippen molar-refractivity contribution in [1.82, 2.24) is 20.2 Å². The number of aliphatic hydroxyl groups is 1. The van der Waals surface area contributed by atoms with Crippen molar-refractivity contribution in [3.63, 3.8) is 0 Å². The largest absolute Gasteiger partial charge is 0.486 e. The van der Waals surface area contributed by atoms with Crippen LogP contribution >= 0.6 is 22.7 Å². The summed E-state index contributed by atoms with van der Waals surface area (Å²) >= 11 is 3.40. The molecule has 0 saturated carbocycles. The molecule has 6 heterocycles. The first-order chi connectivity index (χ1) is 22.6. The number of fused-ring (bicyclic) bond motifs is 1. The highest BCUT2D eigenvalue weighted by Crippen LogP contribution is 2.32. The molecule has 46 heavy (non-hydrogen) atoms. The molecular formula is C37H44N4O3S2. The van der Waals surface area contributed by atoms with E-state index in [2.05, 4.69) is 52.4 Å². The molecule has 7 nitrogen and oxygen atoms in total. The van der Waals surface area contributed by atoms with E-state index in [-0.39, 0.29) is 0 Å². The molecule has 5 aromatic rings. The molecule has 9 heteroatoms. The number of aromatic nitrogens is 2. The van der Waals surface area contributed by atoms with Crippen LogP contribution in [0.3, 0.4) is 0 Å². The Kier molecular flexibility index (Phi) is 13.2. The first-order valence-corrected chi connectivity index (χ1v) is 17.7. The number of rotatable bonds is 9. The molecule has 4 aromatic heterocycles. The predicted molar refractivity (Wildman–Crippen MR) is 190 cm³/mol. The topological polar surface area (TPSA) is 79.7 Å².